The van der Waals surface area contributed by atoms with E-state index in [9.17, 15) is 26.3 Å². The second-order valence-corrected chi connectivity index (χ2v) is 15.9. The van der Waals surface area contributed by atoms with Gasteiger partial charge in [0, 0.05) is 17.3 Å². The number of hydrogen-bond donors (Lipinski definition) is 0. The predicted molar refractivity (Wildman–Crippen MR) is 151 cm³/mol. The van der Waals surface area contributed by atoms with Crippen molar-refractivity contribution in [3.05, 3.63) is 108 Å². The highest BCUT2D eigenvalue weighted by atomic mass is 28.3. The standard InChI is InChI=1S/C32H25F6NSi/c1-40(2,3)29-11-8-21(9-12-29)30-13-10-24(19-39-30)22-6-4-20-5-7-23(15-25(20)14-22)26-16-27(31(33,34)35)18-28(17-26)32(36,37)38/h4-19H,1-3H3. The SMILES string of the molecule is C[Si](C)(C)c1ccc(-c2ccc(-c3ccc4ccc(-c5cc(C(F)(F)F)cc(C(F)(F)F)c5)cc4c3)cn2)cc1. The molecule has 40 heavy (non-hydrogen) atoms. The Kier molecular flexibility index (Phi) is 6.86. The molecular formula is C32H25F6NSi. The van der Waals surface area contributed by atoms with Crippen molar-refractivity contribution in [2.75, 3.05) is 0 Å². The monoisotopic (exact) mass is 565 g/mol. The first-order chi connectivity index (χ1) is 18.7. The number of alkyl halides is 6. The number of aromatic nitrogens is 1. The molecule has 0 saturated carbocycles. The van der Waals surface area contributed by atoms with Gasteiger partial charge in [0.05, 0.1) is 24.9 Å². The molecule has 0 saturated heterocycles. The Labute approximate surface area is 229 Å². The normalized spacial score (nSPS) is 12.6. The van der Waals surface area contributed by atoms with Crippen LogP contribution in [0, 0.1) is 0 Å². The molecule has 0 aliphatic carbocycles. The topological polar surface area (TPSA) is 12.9 Å². The molecule has 0 aliphatic rings. The second-order valence-electron chi connectivity index (χ2n) is 10.8. The molecule has 0 aliphatic heterocycles. The summed E-state index contributed by atoms with van der Waals surface area (Å²) in [4.78, 5) is 4.63. The van der Waals surface area contributed by atoms with Crippen molar-refractivity contribution in [3.8, 4) is 33.5 Å². The maximum Gasteiger partial charge on any atom is 0.416 e. The highest BCUT2D eigenvalue weighted by Gasteiger charge is 2.37. The molecule has 8 heteroatoms. The van der Waals surface area contributed by atoms with Crippen LogP contribution in [0.4, 0.5) is 26.3 Å². The predicted octanol–water partition coefficient (Wildman–Crippen LogP) is 9.82. The van der Waals surface area contributed by atoms with Crippen molar-refractivity contribution >= 4 is 24.0 Å². The van der Waals surface area contributed by atoms with Crippen molar-refractivity contribution in [3.63, 3.8) is 0 Å². The summed E-state index contributed by atoms with van der Waals surface area (Å²) >= 11 is 0. The van der Waals surface area contributed by atoms with Gasteiger partial charge < -0.3 is 0 Å². The summed E-state index contributed by atoms with van der Waals surface area (Å²) in [5.41, 5.74) is 0.943. The van der Waals surface area contributed by atoms with E-state index in [1.165, 1.54) is 11.3 Å². The molecule has 1 aromatic heterocycles. The maximum atomic E-state index is 13.4. The summed E-state index contributed by atoms with van der Waals surface area (Å²) in [7, 11) is -1.40. The lowest BCUT2D eigenvalue weighted by Crippen LogP contribution is -2.37. The van der Waals surface area contributed by atoms with Crippen molar-refractivity contribution < 1.29 is 26.3 Å². The van der Waals surface area contributed by atoms with E-state index in [4.69, 9.17) is 0 Å². The molecular weight excluding hydrogens is 540 g/mol. The second kappa shape index (κ2) is 9.93. The summed E-state index contributed by atoms with van der Waals surface area (Å²) < 4.78 is 80.3. The molecule has 4 aromatic carbocycles. The zero-order valence-corrected chi connectivity index (χ0v) is 23.0. The Hall–Kier alpha value is -3.91. The molecule has 0 bridgehead atoms. The van der Waals surface area contributed by atoms with E-state index in [0.29, 0.717) is 5.39 Å². The Morgan fingerprint density at radius 3 is 1.48 bits per heavy atom. The highest BCUT2D eigenvalue weighted by molar-refractivity contribution is 6.88. The number of pyridine rings is 1. The number of fused-ring (bicyclic) bond motifs is 1. The molecule has 0 atom stereocenters. The van der Waals surface area contributed by atoms with Crippen molar-refractivity contribution in [1.82, 2.24) is 4.98 Å². The van der Waals surface area contributed by atoms with Gasteiger partial charge in [0.2, 0.25) is 0 Å². The van der Waals surface area contributed by atoms with E-state index >= 15 is 0 Å². The quantitative estimate of drug-likeness (QED) is 0.156. The Morgan fingerprint density at radius 2 is 1.00 bits per heavy atom. The molecule has 1 heterocycles. The third-order valence-corrected chi connectivity index (χ3v) is 8.97. The van der Waals surface area contributed by atoms with E-state index in [-0.39, 0.29) is 17.2 Å². The van der Waals surface area contributed by atoms with Gasteiger partial charge in [-0.25, -0.2) is 0 Å². The maximum absolute atomic E-state index is 13.4. The van der Waals surface area contributed by atoms with E-state index in [1.807, 2.05) is 30.3 Å². The van der Waals surface area contributed by atoms with E-state index in [2.05, 4.69) is 48.9 Å². The average Bonchev–Trinajstić information content (AvgIpc) is 2.91. The highest BCUT2D eigenvalue weighted by Crippen LogP contribution is 2.39. The zero-order valence-electron chi connectivity index (χ0n) is 22.0. The molecule has 0 N–H and O–H groups in total. The third kappa shape index (κ3) is 5.82. The summed E-state index contributed by atoms with van der Waals surface area (Å²) in [6.07, 6.45) is -8.06. The van der Waals surface area contributed by atoms with Gasteiger partial charge in [0.15, 0.2) is 0 Å². The molecule has 5 rings (SSSR count). The number of halogens is 6. The number of rotatable bonds is 4. The lowest BCUT2D eigenvalue weighted by molar-refractivity contribution is -0.143. The Bertz CT molecular complexity index is 1650. The minimum absolute atomic E-state index is 0.139. The van der Waals surface area contributed by atoms with Gasteiger partial charge in [-0.1, -0.05) is 79.4 Å². The number of nitrogens with zero attached hydrogens (tertiary/aromatic N) is 1. The molecule has 0 amide bonds. The van der Waals surface area contributed by atoms with Crippen LogP contribution in [0.1, 0.15) is 11.1 Å². The lowest BCUT2D eigenvalue weighted by Gasteiger charge is -2.16. The van der Waals surface area contributed by atoms with Crippen LogP contribution in [0.3, 0.4) is 0 Å². The van der Waals surface area contributed by atoms with Crippen molar-refractivity contribution in [1.29, 1.82) is 0 Å². The van der Waals surface area contributed by atoms with Gasteiger partial charge in [-0.15, -0.1) is 0 Å². The van der Waals surface area contributed by atoms with Crippen LogP contribution in [-0.4, -0.2) is 13.1 Å². The summed E-state index contributed by atoms with van der Waals surface area (Å²) in [5.74, 6) is 0. The largest absolute Gasteiger partial charge is 0.416 e. The smallest absolute Gasteiger partial charge is 0.256 e. The minimum atomic E-state index is -4.91. The Balaban J connectivity index is 1.49. The fraction of sp³-hybridized carbons (Fsp3) is 0.156. The molecule has 0 radical (unpaired) electrons. The molecule has 0 fully saturated rings. The molecule has 5 aromatic rings. The zero-order chi connectivity index (χ0) is 28.9. The minimum Gasteiger partial charge on any atom is -0.256 e. The van der Waals surface area contributed by atoms with Crippen molar-refractivity contribution in [2.24, 2.45) is 0 Å². The third-order valence-electron chi connectivity index (χ3n) is 6.90. The molecule has 1 nitrogen and oxygen atoms in total. The van der Waals surface area contributed by atoms with Crippen LogP contribution in [-0.2, 0) is 12.4 Å². The van der Waals surface area contributed by atoms with E-state index in [1.54, 1.807) is 18.3 Å². The summed E-state index contributed by atoms with van der Waals surface area (Å²) in [6, 6.07) is 24.4. The summed E-state index contributed by atoms with van der Waals surface area (Å²) in [6.45, 7) is 6.88. The van der Waals surface area contributed by atoms with Gasteiger partial charge in [-0.3, -0.25) is 4.98 Å². The first kappa shape index (κ1) is 27.6. The van der Waals surface area contributed by atoms with Gasteiger partial charge in [0.25, 0.3) is 0 Å². The van der Waals surface area contributed by atoms with Crippen LogP contribution in [0.2, 0.25) is 19.6 Å². The molecule has 0 unspecified atom stereocenters. The Morgan fingerprint density at radius 1 is 0.500 bits per heavy atom. The van der Waals surface area contributed by atoms with Gasteiger partial charge in [0.1, 0.15) is 0 Å². The molecule has 0 spiro atoms. The van der Waals surface area contributed by atoms with Gasteiger partial charge in [-0.05, 0) is 63.9 Å². The molecule has 204 valence electrons. The lowest BCUT2D eigenvalue weighted by atomic mass is 9.95. The van der Waals surface area contributed by atoms with Crippen molar-refractivity contribution in [2.45, 2.75) is 32.0 Å². The van der Waals surface area contributed by atoms with Gasteiger partial charge >= 0.3 is 12.4 Å². The van der Waals surface area contributed by atoms with E-state index < -0.39 is 31.6 Å². The van der Waals surface area contributed by atoms with Crippen LogP contribution < -0.4 is 5.19 Å². The fourth-order valence-electron chi connectivity index (χ4n) is 4.60. The van der Waals surface area contributed by atoms with Gasteiger partial charge in [-0.2, -0.15) is 26.3 Å². The van der Waals surface area contributed by atoms with Crippen LogP contribution in [0.15, 0.2) is 97.2 Å². The summed E-state index contributed by atoms with van der Waals surface area (Å²) in [5, 5.41) is 2.86. The van der Waals surface area contributed by atoms with E-state index in [0.717, 1.165) is 39.9 Å². The first-order valence-electron chi connectivity index (χ1n) is 12.6. The average molecular weight is 566 g/mol. The first-order valence-corrected chi connectivity index (χ1v) is 16.1. The number of hydrogen-bond acceptors (Lipinski definition) is 1. The fourth-order valence-corrected chi connectivity index (χ4v) is 5.77. The van der Waals surface area contributed by atoms with Crippen LogP contribution >= 0.6 is 0 Å². The van der Waals surface area contributed by atoms with Crippen LogP contribution in [0.25, 0.3) is 44.3 Å². The van der Waals surface area contributed by atoms with Crippen LogP contribution in [0.5, 0.6) is 0 Å². The number of benzene rings is 4.